The van der Waals surface area contributed by atoms with Crippen molar-refractivity contribution in [1.82, 2.24) is 9.88 Å². The molecule has 0 spiro atoms. The van der Waals surface area contributed by atoms with E-state index in [4.69, 9.17) is 0 Å². The van der Waals surface area contributed by atoms with Crippen LogP contribution in [0, 0.1) is 0 Å². The number of para-hydroxylation sites is 1. The highest BCUT2D eigenvalue weighted by molar-refractivity contribution is 5.92. The first-order valence-electron chi connectivity index (χ1n) is 9.19. The quantitative estimate of drug-likeness (QED) is 0.547. The number of benzene rings is 3. The Bertz CT molecular complexity index is 1040. The van der Waals surface area contributed by atoms with Gasteiger partial charge in [0.2, 0.25) is 0 Å². The second-order valence-electron chi connectivity index (χ2n) is 7.25. The van der Waals surface area contributed by atoms with Crippen LogP contribution in [0.15, 0.2) is 84.9 Å². The molecule has 136 valence electrons. The average Bonchev–Trinajstić information content (AvgIpc) is 3.09. The van der Waals surface area contributed by atoms with E-state index in [-0.39, 0.29) is 0 Å². The van der Waals surface area contributed by atoms with E-state index in [1.54, 1.807) is 0 Å². The summed E-state index contributed by atoms with van der Waals surface area (Å²) in [5.41, 5.74) is 3.72. The van der Waals surface area contributed by atoms with Crippen molar-refractivity contribution in [3.05, 3.63) is 96.1 Å². The molecule has 0 radical (unpaired) electrons. The van der Waals surface area contributed by atoms with Crippen LogP contribution in [0.5, 0.6) is 0 Å². The molecule has 0 saturated heterocycles. The maximum atomic E-state index is 12.1. The number of aromatic nitrogens is 1. The van der Waals surface area contributed by atoms with E-state index in [0.29, 0.717) is 6.54 Å². The summed E-state index contributed by atoms with van der Waals surface area (Å²) in [6.07, 6.45) is 0. The smallest absolute Gasteiger partial charge is 0.130 e. The number of likely N-dealkylation sites (N-methyl/N-ethyl adjacent to an activating group) is 1. The second-order valence-corrected chi connectivity index (χ2v) is 7.25. The van der Waals surface area contributed by atoms with E-state index in [0.717, 1.165) is 33.3 Å². The van der Waals surface area contributed by atoms with Crippen molar-refractivity contribution in [2.75, 3.05) is 20.6 Å². The van der Waals surface area contributed by atoms with Gasteiger partial charge in [-0.15, -0.1) is 0 Å². The highest BCUT2D eigenvalue weighted by Gasteiger charge is 2.37. The molecule has 3 aromatic carbocycles. The lowest BCUT2D eigenvalue weighted by atomic mass is 9.83. The third kappa shape index (κ3) is 3.16. The van der Waals surface area contributed by atoms with Crippen LogP contribution < -0.4 is 0 Å². The molecule has 3 nitrogen and oxygen atoms in total. The first-order valence-corrected chi connectivity index (χ1v) is 9.19. The van der Waals surface area contributed by atoms with Crippen LogP contribution in [-0.2, 0) is 5.60 Å². The minimum Gasteiger partial charge on any atom is -0.379 e. The molecule has 1 heterocycles. The third-order valence-electron chi connectivity index (χ3n) is 4.98. The number of aromatic amines is 1. The van der Waals surface area contributed by atoms with E-state index in [9.17, 15) is 5.11 Å². The summed E-state index contributed by atoms with van der Waals surface area (Å²) >= 11 is 0. The fourth-order valence-corrected chi connectivity index (χ4v) is 3.88. The van der Waals surface area contributed by atoms with Crippen molar-refractivity contribution in [3.8, 4) is 11.3 Å². The Morgan fingerprint density at radius 2 is 1.41 bits per heavy atom. The zero-order valence-corrected chi connectivity index (χ0v) is 15.7. The number of H-pyrrole nitrogens is 1. The number of nitrogens with one attached hydrogen (secondary N) is 1. The van der Waals surface area contributed by atoms with Gasteiger partial charge in [0, 0.05) is 23.0 Å². The van der Waals surface area contributed by atoms with Crippen LogP contribution in [0.1, 0.15) is 11.1 Å². The molecule has 0 aliphatic heterocycles. The van der Waals surface area contributed by atoms with Crippen molar-refractivity contribution in [2.24, 2.45) is 0 Å². The number of rotatable bonds is 5. The largest absolute Gasteiger partial charge is 0.379 e. The van der Waals surface area contributed by atoms with Crippen LogP contribution >= 0.6 is 0 Å². The molecule has 4 rings (SSSR count). The van der Waals surface area contributed by atoms with Gasteiger partial charge in [-0.2, -0.15) is 0 Å². The molecule has 0 amide bonds. The first-order chi connectivity index (χ1) is 13.1. The normalized spacial score (nSPS) is 13.8. The molecule has 1 aromatic heterocycles. The number of nitrogens with zero attached hydrogens (tertiary/aromatic N) is 1. The molecular formula is C24H24N2O. The zero-order valence-electron chi connectivity index (χ0n) is 15.7. The molecule has 0 aliphatic rings. The lowest BCUT2D eigenvalue weighted by Gasteiger charge is -2.33. The summed E-state index contributed by atoms with van der Waals surface area (Å²) in [6, 6.07) is 28.3. The van der Waals surface area contributed by atoms with Gasteiger partial charge in [0.25, 0.3) is 0 Å². The monoisotopic (exact) mass is 356 g/mol. The Morgan fingerprint density at radius 1 is 0.815 bits per heavy atom. The Labute approximate surface area is 159 Å². The molecule has 1 unspecified atom stereocenters. The number of hydrogen-bond acceptors (Lipinski definition) is 2. The summed E-state index contributed by atoms with van der Waals surface area (Å²) in [5, 5.41) is 13.1. The van der Waals surface area contributed by atoms with Gasteiger partial charge in [0.1, 0.15) is 5.60 Å². The summed E-state index contributed by atoms with van der Waals surface area (Å²) in [6.45, 7) is 0.485. The van der Waals surface area contributed by atoms with Crippen molar-refractivity contribution < 1.29 is 5.11 Å². The molecule has 27 heavy (non-hydrogen) atoms. The highest BCUT2D eigenvalue weighted by Crippen LogP contribution is 2.41. The third-order valence-corrected chi connectivity index (χ3v) is 4.98. The predicted molar refractivity (Wildman–Crippen MR) is 112 cm³/mol. The van der Waals surface area contributed by atoms with Gasteiger partial charge in [-0.05, 0) is 31.3 Å². The maximum absolute atomic E-state index is 12.1. The molecule has 0 saturated carbocycles. The molecule has 0 fully saturated rings. The van der Waals surface area contributed by atoms with E-state index in [1.807, 2.05) is 79.7 Å². The summed E-state index contributed by atoms with van der Waals surface area (Å²) in [5.74, 6) is 0. The SMILES string of the molecule is CN(C)CC(O)(c1ccccc1)c1c(-c2ccccc2)[nH]c2ccccc12. The van der Waals surface area contributed by atoms with Gasteiger partial charge in [0.05, 0.1) is 5.69 Å². The van der Waals surface area contributed by atoms with E-state index in [2.05, 4.69) is 29.2 Å². The van der Waals surface area contributed by atoms with Crippen molar-refractivity contribution in [2.45, 2.75) is 5.60 Å². The van der Waals surface area contributed by atoms with Gasteiger partial charge in [-0.3, -0.25) is 0 Å². The van der Waals surface area contributed by atoms with E-state index < -0.39 is 5.60 Å². The Hall–Kier alpha value is -2.88. The molecule has 1 atom stereocenters. The molecule has 0 bridgehead atoms. The van der Waals surface area contributed by atoms with Gasteiger partial charge >= 0.3 is 0 Å². The maximum Gasteiger partial charge on any atom is 0.130 e. The fraction of sp³-hybridized carbons (Fsp3) is 0.167. The fourth-order valence-electron chi connectivity index (χ4n) is 3.88. The molecule has 4 aromatic rings. The lowest BCUT2D eigenvalue weighted by Crippen LogP contribution is -2.39. The number of hydrogen-bond donors (Lipinski definition) is 2. The van der Waals surface area contributed by atoms with Gasteiger partial charge in [-0.25, -0.2) is 0 Å². The number of fused-ring (bicyclic) bond motifs is 1. The Balaban J connectivity index is 2.05. The van der Waals surface area contributed by atoms with Crippen molar-refractivity contribution >= 4 is 10.9 Å². The van der Waals surface area contributed by atoms with E-state index >= 15 is 0 Å². The highest BCUT2D eigenvalue weighted by atomic mass is 16.3. The van der Waals surface area contributed by atoms with Crippen LogP contribution in [0.4, 0.5) is 0 Å². The average molecular weight is 356 g/mol. The van der Waals surface area contributed by atoms with Crippen molar-refractivity contribution in [3.63, 3.8) is 0 Å². The predicted octanol–water partition coefficient (Wildman–Crippen LogP) is 4.63. The van der Waals surface area contributed by atoms with Gasteiger partial charge in [0.15, 0.2) is 0 Å². The minimum absolute atomic E-state index is 0.485. The van der Waals surface area contributed by atoms with Crippen LogP contribution in [0.3, 0.4) is 0 Å². The molecule has 2 N–H and O–H groups in total. The summed E-state index contributed by atoms with van der Waals surface area (Å²) in [7, 11) is 3.98. The zero-order chi connectivity index (χ0) is 18.9. The minimum atomic E-state index is -1.14. The summed E-state index contributed by atoms with van der Waals surface area (Å²) < 4.78 is 0. The Morgan fingerprint density at radius 3 is 2.07 bits per heavy atom. The summed E-state index contributed by atoms with van der Waals surface area (Å²) in [4.78, 5) is 5.58. The number of aliphatic hydroxyl groups is 1. The molecule has 0 aliphatic carbocycles. The lowest BCUT2D eigenvalue weighted by molar-refractivity contribution is 0.0533. The van der Waals surface area contributed by atoms with Crippen LogP contribution in [-0.4, -0.2) is 35.6 Å². The topological polar surface area (TPSA) is 39.3 Å². The Kier molecular flexibility index (Phi) is 4.56. The molecular weight excluding hydrogens is 332 g/mol. The van der Waals surface area contributed by atoms with Crippen LogP contribution in [0.2, 0.25) is 0 Å². The van der Waals surface area contributed by atoms with E-state index in [1.165, 1.54) is 0 Å². The molecule has 3 heteroatoms. The van der Waals surface area contributed by atoms with Crippen LogP contribution in [0.25, 0.3) is 22.2 Å². The van der Waals surface area contributed by atoms with Crippen molar-refractivity contribution in [1.29, 1.82) is 0 Å². The van der Waals surface area contributed by atoms with Gasteiger partial charge in [-0.1, -0.05) is 78.9 Å². The second kappa shape index (κ2) is 7.03. The van der Waals surface area contributed by atoms with Gasteiger partial charge < -0.3 is 15.0 Å². The standard InChI is InChI=1S/C24H24N2O/c1-26(2)17-24(27,19-13-7-4-8-14-19)22-20-15-9-10-16-21(20)25-23(22)18-11-5-3-6-12-18/h3-16,25,27H,17H2,1-2H3. The first kappa shape index (κ1) is 17.5.